The Morgan fingerprint density at radius 2 is 0.922 bits per heavy atom. The second kappa shape index (κ2) is 15.5. The summed E-state index contributed by atoms with van der Waals surface area (Å²) in [7, 11) is 0. The minimum Gasteiger partial charge on any atom is -0.456 e. The summed E-state index contributed by atoms with van der Waals surface area (Å²) in [6, 6.07) is 75.5. The molecule has 6 nitrogen and oxygen atoms in total. The van der Waals surface area contributed by atoms with E-state index in [0.717, 1.165) is 72.1 Å². The van der Waals surface area contributed by atoms with Gasteiger partial charge < -0.3 is 14.7 Å². The SMILES string of the molecule is NC(c1ccccc1)c1ccc(-c2nc(-c3ccccc3)nc(-c3cccc4oc5ccc(-c6ccc7c(c6)c6ccccc6n7-c6cccc(-c7ccccc7)c6)cc5c34)n2)cc1. The molecule has 2 N–H and O–H groups in total. The molecule has 0 saturated heterocycles. The Hall–Kier alpha value is -8.45. The molecule has 3 heterocycles. The molecule has 0 aliphatic heterocycles. The fourth-order valence-corrected chi connectivity index (χ4v) is 9.11. The van der Waals surface area contributed by atoms with Crippen LogP contribution in [0.3, 0.4) is 0 Å². The highest BCUT2D eigenvalue weighted by Gasteiger charge is 2.20. The number of nitrogens with two attached hydrogens (primary N) is 1. The molecule has 302 valence electrons. The van der Waals surface area contributed by atoms with Gasteiger partial charge in [-0.2, -0.15) is 0 Å². The molecule has 64 heavy (non-hydrogen) atoms. The van der Waals surface area contributed by atoms with Crippen molar-refractivity contribution in [3.05, 3.63) is 230 Å². The van der Waals surface area contributed by atoms with Crippen molar-refractivity contribution in [1.82, 2.24) is 19.5 Å². The standard InChI is InChI=1S/C58H39N5O/c59-55(38-16-6-2-7-17-38)39-26-28-41(29-27-39)57-60-56(40-18-8-3-9-19-40)61-58(62-57)47-23-13-25-53-54(47)49-36-44(31-33-52(49)64-53)43-30-32-51-48(35-43)46-22-10-11-24-50(46)63(51)45-21-12-20-42(34-45)37-14-4-1-5-15-37/h1-36,55H,59H2. The number of hydrogen-bond acceptors (Lipinski definition) is 5. The zero-order valence-electron chi connectivity index (χ0n) is 34.6. The van der Waals surface area contributed by atoms with E-state index in [1.807, 2.05) is 72.8 Å². The van der Waals surface area contributed by atoms with E-state index in [0.29, 0.717) is 17.5 Å². The normalized spacial score (nSPS) is 12.1. The van der Waals surface area contributed by atoms with Gasteiger partial charge >= 0.3 is 0 Å². The summed E-state index contributed by atoms with van der Waals surface area (Å²) >= 11 is 0. The predicted molar refractivity (Wildman–Crippen MR) is 261 cm³/mol. The number of rotatable bonds is 8. The Balaban J connectivity index is 0.972. The van der Waals surface area contributed by atoms with Gasteiger partial charge in [-0.1, -0.05) is 170 Å². The predicted octanol–water partition coefficient (Wildman–Crippen LogP) is 14.3. The Bertz CT molecular complexity index is 3670. The van der Waals surface area contributed by atoms with E-state index in [4.69, 9.17) is 25.1 Å². The van der Waals surface area contributed by atoms with Gasteiger partial charge in [-0.3, -0.25) is 0 Å². The van der Waals surface area contributed by atoms with E-state index >= 15 is 0 Å². The van der Waals surface area contributed by atoms with E-state index < -0.39 is 0 Å². The highest BCUT2D eigenvalue weighted by Crippen LogP contribution is 2.40. The van der Waals surface area contributed by atoms with E-state index in [1.54, 1.807) is 0 Å². The van der Waals surface area contributed by atoms with Crippen LogP contribution in [0.5, 0.6) is 0 Å². The topological polar surface area (TPSA) is 82.8 Å². The van der Waals surface area contributed by atoms with Gasteiger partial charge in [-0.25, -0.2) is 15.0 Å². The summed E-state index contributed by atoms with van der Waals surface area (Å²) in [6.45, 7) is 0. The third-order valence-electron chi connectivity index (χ3n) is 12.3. The molecule has 0 aliphatic carbocycles. The molecule has 9 aromatic carbocycles. The van der Waals surface area contributed by atoms with Crippen LogP contribution in [-0.2, 0) is 0 Å². The maximum absolute atomic E-state index is 6.68. The summed E-state index contributed by atoms with van der Waals surface area (Å²) in [4.78, 5) is 15.3. The lowest BCUT2D eigenvalue weighted by atomic mass is 9.98. The van der Waals surface area contributed by atoms with Crippen LogP contribution in [0.1, 0.15) is 17.2 Å². The van der Waals surface area contributed by atoms with Gasteiger partial charge in [0.15, 0.2) is 17.5 Å². The van der Waals surface area contributed by atoms with Gasteiger partial charge in [0.05, 0.1) is 17.1 Å². The van der Waals surface area contributed by atoms with Gasteiger partial charge in [0.2, 0.25) is 0 Å². The lowest BCUT2D eigenvalue weighted by Crippen LogP contribution is -2.11. The second-order valence-corrected chi connectivity index (χ2v) is 16.2. The van der Waals surface area contributed by atoms with E-state index in [2.05, 4.69) is 150 Å². The van der Waals surface area contributed by atoms with Crippen molar-refractivity contribution in [2.24, 2.45) is 5.73 Å². The molecule has 0 aliphatic rings. The first-order chi connectivity index (χ1) is 31.6. The summed E-state index contributed by atoms with van der Waals surface area (Å²) in [5.41, 5.74) is 21.0. The van der Waals surface area contributed by atoms with E-state index in [9.17, 15) is 0 Å². The zero-order chi connectivity index (χ0) is 42.6. The highest BCUT2D eigenvalue weighted by molar-refractivity contribution is 6.14. The molecule has 0 fully saturated rings. The van der Waals surface area contributed by atoms with Crippen LogP contribution in [0.15, 0.2) is 223 Å². The number of benzene rings is 9. The largest absolute Gasteiger partial charge is 0.456 e. The Labute approximate surface area is 369 Å². The number of aromatic nitrogens is 4. The maximum Gasteiger partial charge on any atom is 0.164 e. The van der Waals surface area contributed by atoms with Crippen LogP contribution in [0.4, 0.5) is 0 Å². The minimum atomic E-state index is -0.244. The number of nitrogens with zero attached hydrogens (tertiary/aromatic N) is 4. The van der Waals surface area contributed by atoms with E-state index in [1.165, 1.54) is 27.4 Å². The Morgan fingerprint density at radius 1 is 0.375 bits per heavy atom. The van der Waals surface area contributed by atoms with Crippen molar-refractivity contribution in [2.75, 3.05) is 0 Å². The van der Waals surface area contributed by atoms with Crippen LogP contribution in [0.2, 0.25) is 0 Å². The molecular formula is C58H39N5O. The molecule has 0 radical (unpaired) electrons. The quantitative estimate of drug-likeness (QED) is 0.165. The number of furan rings is 1. The van der Waals surface area contributed by atoms with Crippen LogP contribution in [0.25, 0.3) is 106 Å². The molecule has 0 bridgehead atoms. The van der Waals surface area contributed by atoms with Gasteiger partial charge in [-0.15, -0.1) is 0 Å². The molecular weight excluding hydrogens is 783 g/mol. The van der Waals surface area contributed by atoms with Gasteiger partial charge in [0.1, 0.15) is 11.2 Å². The summed E-state index contributed by atoms with van der Waals surface area (Å²) in [5.74, 6) is 1.74. The van der Waals surface area contributed by atoms with Crippen LogP contribution in [0, 0.1) is 0 Å². The summed E-state index contributed by atoms with van der Waals surface area (Å²) in [6.07, 6.45) is 0. The second-order valence-electron chi connectivity index (χ2n) is 16.2. The molecule has 12 rings (SSSR count). The highest BCUT2D eigenvalue weighted by atomic mass is 16.3. The van der Waals surface area contributed by atoms with Gasteiger partial charge in [0, 0.05) is 43.9 Å². The van der Waals surface area contributed by atoms with Crippen molar-refractivity contribution in [3.63, 3.8) is 0 Å². The van der Waals surface area contributed by atoms with Crippen molar-refractivity contribution in [1.29, 1.82) is 0 Å². The van der Waals surface area contributed by atoms with Gasteiger partial charge in [0.25, 0.3) is 0 Å². The average Bonchev–Trinajstić information content (AvgIpc) is 3.92. The molecule has 0 saturated carbocycles. The van der Waals surface area contributed by atoms with Crippen molar-refractivity contribution >= 4 is 43.7 Å². The summed E-state index contributed by atoms with van der Waals surface area (Å²) < 4.78 is 8.92. The van der Waals surface area contributed by atoms with Crippen molar-refractivity contribution < 1.29 is 4.42 Å². The van der Waals surface area contributed by atoms with Crippen LogP contribution < -0.4 is 5.73 Å². The lowest BCUT2D eigenvalue weighted by Gasteiger charge is -2.13. The summed E-state index contributed by atoms with van der Waals surface area (Å²) in [5, 5.41) is 4.34. The molecule has 3 aromatic heterocycles. The van der Waals surface area contributed by atoms with E-state index in [-0.39, 0.29) is 6.04 Å². The van der Waals surface area contributed by atoms with Crippen molar-refractivity contribution in [3.8, 4) is 62.1 Å². The fraction of sp³-hybridized carbons (Fsp3) is 0.0172. The Kier molecular flexibility index (Phi) is 9.02. The zero-order valence-corrected chi connectivity index (χ0v) is 34.6. The number of hydrogen-bond donors (Lipinski definition) is 1. The molecule has 12 aromatic rings. The lowest BCUT2D eigenvalue weighted by molar-refractivity contribution is 0.669. The number of fused-ring (bicyclic) bond motifs is 6. The first-order valence-electron chi connectivity index (χ1n) is 21.5. The smallest absolute Gasteiger partial charge is 0.164 e. The first-order valence-corrected chi connectivity index (χ1v) is 21.5. The average molecular weight is 822 g/mol. The van der Waals surface area contributed by atoms with Crippen LogP contribution >= 0.6 is 0 Å². The monoisotopic (exact) mass is 821 g/mol. The number of para-hydroxylation sites is 1. The van der Waals surface area contributed by atoms with Gasteiger partial charge in [-0.05, 0) is 81.9 Å². The first kappa shape index (κ1) is 37.3. The minimum absolute atomic E-state index is 0.244. The third kappa shape index (κ3) is 6.52. The maximum atomic E-state index is 6.68. The molecule has 0 spiro atoms. The van der Waals surface area contributed by atoms with Crippen LogP contribution in [-0.4, -0.2) is 19.5 Å². The van der Waals surface area contributed by atoms with Crippen molar-refractivity contribution in [2.45, 2.75) is 6.04 Å². The molecule has 6 heteroatoms. The molecule has 1 atom stereocenters. The molecule has 1 unspecified atom stereocenters. The molecule has 0 amide bonds. The third-order valence-corrected chi connectivity index (χ3v) is 12.3. The Morgan fingerprint density at radius 3 is 1.69 bits per heavy atom. The fourth-order valence-electron chi connectivity index (χ4n) is 9.11.